The van der Waals surface area contributed by atoms with Gasteiger partial charge in [-0.1, -0.05) is 42.5 Å². The monoisotopic (exact) mass is 566 g/mol. The first-order valence-corrected chi connectivity index (χ1v) is 13.7. The van der Waals surface area contributed by atoms with E-state index in [1.165, 1.54) is 12.1 Å². The van der Waals surface area contributed by atoms with E-state index in [-0.39, 0.29) is 43.8 Å². The number of hydrogen-bond donors (Lipinski definition) is 7. The Morgan fingerprint density at radius 3 is 2.32 bits per heavy atom. The largest absolute Gasteiger partial charge is 0.508 e. The zero-order valence-corrected chi connectivity index (χ0v) is 22.8. The van der Waals surface area contributed by atoms with E-state index in [1.807, 2.05) is 6.07 Å². The second-order valence-electron chi connectivity index (χ2n) is 10.1. The molecule has 0 saturated carbocycles. The summed E-state index contributed by atoms with van der Waals surface area (Å²) >= 11 is 0. The number of phenols is 1. The Kier molecular flexibility index (Phi) is 11.6. The van der Waals surface area contributed by atoms with E-state index >= 15 is 0 Å². The third kappa shape index (κ3) is 10.2. The Hall–Kier alpha value is -4.45. The Morgan fingerprint density at radius 1 is 0.927 bits per heavy atom. The van der Waals surface area contributed by atoms with Gasteiger partial charge >= 0.3 is 0 Å². The molecule has 41 heavy (non-hydrogen) atoms. The highest BCUT2D eigenvalue weighted by molar-refractivity contribution is 5.95. The maximum Gasteiger partial charge on any atom is 0.243 e. The van der Waals surface area contributed by atoms with Gasteiger partial charge in [-0.15, -0.1) is 0 Å². The van der Waals surface area contributed by atoms with Gasteiger partial charge in [0.25, 0.3) is 0 Å². The summed E-state index contributed by atoms with van der Waals surface area (Å²) in [5.74, 6) is -2.82. The predicted molar refractivity (Wildman–Crippen MR) is 151 cm³/mol. The van der Waals surface area contributed by atoms with Gasteiger partial charge in [-0.05, 0) is 55.4 Å². The number of carbonyl (C=O) groups is 5. The van der Waals surface area contributed by atoms with Crippen LogP contribution in [-0.4, -0.2) is 65.4 Å². The molecule has 1 heterocycles. The Bertz CT molecular complexity index is 1210. The van der Waals surface area contributed by atoms with Crippen molar-refractivity contribution in [3.8, 4) is 5.75 Å². The van der Waals surface area contributed by atoms with Gasteiger partial charge in [0.2, 0.25) is 29.5 Å². The number of amides is 5. The second kappa shape index (κ2) is 15.4. The number of carbonyl (C=O) groups excluding carboxylic acids is 5. The van der Waals surface area contributed by atoms with E-state index in [2.05, 4.69) is 21.3 Å². The van der Waals surface area contributed by atoms with Crippen LogP contribution in [-0.2, 0) is 36.8 Å². The van der Waals surface area contributed by atoms with Crippen molar-refractivity contribution >= 4 is 29.5 Å². The van der Waals surface area contributed by atoms with Gasteiger partial charge < -0.3 is 37.8 Å². The molecule has 0 radical (unpaired) electrons. The average Bonchev–Trinajstić information content (AvgIpc) is 2.95. The van der Waals surface area contributed by atoms with Crippen LogP contribution in [0.3, 0.4) is 0 Å². The van der Waals surface area contributed by atoms with E-state index < -0.39 is 47.8 Å². The van der Waals surface area contributed by atoms with Crippen molar-refractivity contribution in [1.82, 2.24) is 21.3 Å². The van der Waals surface area contributed by atoms with Gasteiger partial charge in [-0.25, -0.2) is 0 Å². The number of primary amides is 1. The van der Waals surface area contributed by atoms with Crippen molar-refractivity contribution in [2.45, 2.75) is 69.1 Å². The first kappa shape index (κ1) is 31.1. The molecule has 0 bridgehead atoms. The smallest absolute Gasteiger partial charge is 0.243 e. The highest BCUT2D eigenvalue weighted by Crippen LogP contribution is 2.12. The zero-order valence-electron chi connectivity index (χ0n) is 22.8. The van der Waals surface area contributed by atoms with Gasteiger partial charge in [0.15, 0.2) is 0 Å². The fourth-order valence-corrected chi connectivity index (χ4v) is 4.48. The number of phenolic OH excluding ortho intramolecular Hbond substituents is 1. The average molecular weight is 567 g/mol. The van der Waals surface area contributed by atoms with Gasteiger partial charge in [0.1, 0.15) is 23.9 Å². The Balaban J connectivity index is 1.81. The lowest BCUT2D eigenvalue weighted by Crippen LogP contribution is -2.58. The van der Waals surface area contributed by atoms with Gasteiger partial charge in [-0.3, -0.25) is 24.0 Å². The number of aromatic hydroxyl groups is 1. The molecular formula is C29H38N6O6. The molecule has 1 aliphatic heterocycles. The van der Waals surface area contributed by atoms with Crippen molar-refractivity contribution in [1.29, 1.82) is 0 Å². The van der Waals surface area contributed by atoms with Crippen LogP contribution < -0.4 is 32.7 Å². The molecule has 2 aromatic rings. The number of rotatable bonds is 7. The number of nitrogens with two attached hydrogens (primary N) is 2. The maximum atomic E-state index is 13.5. The van der Waals surface area contributed by atoms with Crippen LogP contribution >= 0.6 is 0 Å². The SMILES string of the molecule is NC(=O)[C@@H]1CCCCNC(=O)CC[C@H](NC(=O)[C@@H](N)Cc2ccc(O)cc2)C(=O)N[C@@H](Cc2ccccc2)C(=O)N1. The predicted octanol–water partition coefficient (Wildman–Crippen LogP) is -0.475. The third-order valence-corrected chi connectivity index (χ3v) is 6.84. The summed E-state index contributed by atoms with van der Waals surface area (Å²) in [6, 6.07) is 11.0. The molecule has 12 heteroatoms. The molecule has 2 aromatic carbocycles. The number of hydrogen-bond acceptors (Lipinski definition) is 7. The van der Waals surface area contributed by atoms with Gasteiger partial charge in [0, 0.05) is 19.4 Å². The first-order chi connectivity index (χ1) is 19.6. The molecule has 0 aliphatic carbocycles. The van der Waals surface area contributed by atoms with Crippen LogP contribution in [0.1, 0.15) is 43.2 Å². The third-order valence-electron chi connectivity index (χ3n) is 6.84. The summed E-state index contributed by atoms with van der Waals surface area (Å²) in [4.78, 5) is 64.3. The molecule has 1 saturated heterocycles. The Morgan fingerprint density at radius 2 is 1.63 bits per heavy atom. The molecule has 220 valence electrons. The lowest BCUT2D eigenvalue weighted by atomic mass is 10.0. The highest BCUT2D eigenvalue weighted by atomic mass is 16.3. The van der Waals surface area contributed by atoms with Crippen LogP contribution in [0.5, 0.6) is 5.75 Å². The normalized spacial score (nSPS) is 21.7. The molecule has 0 spiro atoms. The molecule has 1 aliphatic rings. The lowest BCUT2D eigenvalue weighted by molar-refractivity contribution is -0.134. The van der Waals surface area contributed by atoms with Crippen molar-refractivity contribution in [3.63, 3.8) is 0 Å². The zero-order chi connectivity index (χ0) is 29.8. The van der Waals surface area contributed by atoms with E-state index in [1.54, 1.807) is 36.4 Å². The molecule has 1 fully saturated rings. The van der Waals surface area contributed by atoms with Gasteiger partial charge in [-0.2, -0.15) is 0 Å². The Labute approximate surface area is 238 Å². The summed E-state index contributed by atoms with van der Waals surface area (Å²) < 4.78 is 0. The van der Waals surface area contributed by atoms with E-state index in [4.69, 9.17) is 11.5 Å². The van der Waals surface area contributed by atoms with Crippen LogP contribution in [0, 0.1) is 0 Å². The van der Waals surface area contributed by atoms with Gasteiger partial charge in [0.05, 0.1) is 6.04 Å². The molecule has 5 amide bonds. The van der Waals surface area contributed by atoms with Crippen molar-refractivity contribution in [2.24, 2.45) is 11.5 Å². The lowest BCUT2D eigenvalue weighted by Gasteiger charge is -2.25. The van der Waals surface area contributed by atoms with E-state index in [0.717, 1.165) is 5.56 Å². The minimum atomic E-state index is -1.16. The quantitative estimate of drug-likeness (QED) is 0.234. The summed E-state index contributed by atoms with van der Waals surface area (Å²) in [7, 11) is 0. The highest BCUT2D eigenvalue weighted by Gasteiger charge is 2.30. The molecule has 0 unspecified atom stereocenters. The number of benzene rings is 2. The summed E-state index contributed by atoms with van der Waals surface area (Å²) in [6.45, 7) is 0.343. The fourth-order valence-electron chi connectivity index (χ4n) is 4.48. The molecular weight excluding hydrogens is 528 g/mol. The molecule has 3 rings (SSSR count). The van der Waals surface area contributed by atoms with Crippen LogP contribution in [0.25, 0.3) is 0 Å². The summed E-state index contributed by atoms with van der Waals surface area (Å²) in [5, 5.41) is 20.2. The first-order valence-electron chi connectivity index (χ1n) is 13.7. The molecule has 12 nitrogen and oxygen atoms in total. The maximum absolute atomic E-state index is 13.5. The van der Waals surface area contributed by atoms with Crippen LogP contribution in [0.15, 0.2) is 54.6 Å². The summed E-state index contributed by atoms with van der Waals surface area (Å²) in [5.41, 5.74) is 13.1. The minimum absolute atomic E-state index is 0.0288. The molecule has 0 aromatic heterocycles. The molecule has 9 N–H and O–H groups in total. The van der Waals surface area contributed by atoms with Crippen LogP contribution in [0.4, 0.5) is 0 Å². The van der Waals surface area contributed by atoms with Crippen LogP contribution in [0.2, 0.25) is 0 Å². The topological polar surface area (TPSA) is 206 Å². The second-order valence-corrected chi connectivity index (χ2v) is 10.1. The van der Waals surface area contributed by atoms with E-state index in [0.29, 0.717) is 24.9 Å². The summed E-state index contributed by atoms with van der Waals surface area (Å²) in [6.07, 6.45) is 1.55. The fraction of sp³-hybridized carbons (Fsp3) is 0.414. The van der Waals surface area contributed by atoms with E-state index in [9.17, 15) is 29.1 Å². The number of nitrogens with one attached hydrogen (secondary N) is 4. The molecule has 4 atom stereocenters. The minimum Gasteiger partial charge on any atom is -0.508 e. The van der Waals surface area contributed by atoms with Crippen molar-refractivity contribution in [2.75, 3.05) is 6.54 Å². The van der Waals surface area contributed by atoms with Crippen molar-refractivity contribution < 1.29 is 29.1 Å². The standard InChI is InChI=1S/C29H38N6O6/c30-21(16-19-9-11-20(36)12-10-19)27(39)34-23-13-14-25(37)32-15-5-4-8-22(26(31)38)33-29(41)24(35-28(23)40)17-18-6-2-1-3-7-18/h1-3,6-7,9-12,21-24,36H,4-5,8,13-17,30H2,(H2,31,38)(H,32,37)(H,33,41)(H,34,39)(H,35,40)/t21-,22-,23-,24-/m0/s1. The van der Waals surface area contributed by atoms with Crippen molar-refractivity contribution in [3.05, 3.63) is 65.7 Å².